The third-order valence-corrected chi connectivity index (χ3v) is 4.49. The predicted octanol–water partition coefficient (Wildman–Crippen LogP) is 2.44. The van der Waals surface area contributed by atoms with Gasteiger partial charge in [-0.25, -0.2) is 0 Å². The Kier molecular flexibility index (Phi) is 3.55. The fraction of sp³-hybridized carbons (Fsp3) is 0.600. The summed E-state index contributed by atoms with van der Waals surface area (Å²) in [4.78, 5) is 0. The molecular formula is C15H22O2. The lowest BCUT2D eigenvalue weighted by Crippen LogP contribution is -2.32. The molecular weight excluding hydrogens is 212 g/mol. The van der Waals surface area contributed by atoms with E-state index in [9.17, 15) is 10.2 Å². The average molecular weight is 234 g/mol. The van der Waals surface area contributed by atoms with Gasteiger partial charge in [-0.3, -0.25) is 0 Å². The van der Waals surface area contributed by atoms with Crippen molar-refractivity contribution in [1.29, 1.82) is 0 Å². The Morgan fingerprint density at radius 1 is 1.18 bits per heavy atom. The van der Waals surface area contributed by atoms with Gasteiger partial charge in [-0.1, -0.05) is 30.9 Å². The molecule has 2 N–H and O–H groups in total. The number of aliphatic hydroxyl groups is 2. The van der Waals surface area contributed by atoms with Crippen LogP contribution < -0.4 is 0 Å². The topological polar surface area (TPSA) is 40.5 Å². The van der Waals surface area contributed by atoms with Crippen molar-refractivity contribution in [2.75, 3.05) is 6.61 Å². The molecule has 2 rings (SSSR count). The second-order valence-electron chi connectivity index (χ2n) is 5.44. The molecule has 4 atom stereocenters. The third-order valence-electron chi connectivity index (χ3n) is 4.49. The molecule has 2 nitrogen and oxygen atoms in total. The number of hydrogen-bond acceptors (Lipinski definition) is 2. The molecule has 0 radical (unpaired) electrons. The lowest BCUT2D eigenvalue weighted by molar-refractivity contribution is 0.0691. The van der Waals surface area contributed by atoms with Crippen LogP contribution in [0.2, 0.25) is 0 Å². The van der Waals surface area contributed by atoms with Crippen molar-refractivity contribution in [3.8, 4) is 0 Å². The number of allylic oxidation sites excluding steroid dienone is 1. The summed E-state index contributed by atoms with van der Waals surface area (Å²) in [6.45, 7) is 12.1. The van der Waals surface area contributed by atoms with E-state index in [1.54, 1.807) is 0 Å². The van der Waals surface area contributed by atoms with Crippen LogP contribution in [0.25, 0.3) is 0 Å². The molecule has 2 fully saturated rings. The molecule has 94 valence electrons. The van der Waals surface area contributed by atoms with E-state index in [2.05, 4.69) is 19.7 Å². The molecule has 2 aliphatic rings. The summed E-state index contributed by atoms with van der Waals surface area (Å²) in [5.74, 6) is 0.494. The highest BCUT2D eigenvalue weighted by Crippen LogP contribution is 2.48. The molecule has 2 heteroatoms. The summed E-state index contributed by atoms with van der Waals surface area (Å²) in [6.07, 6.45) is 3.38. The van der Waals surface area contributed by atoms with Gasteiger partial charge in [0.1, 0.15) is 0 Å². The standard InChI is InChI=1S/C15H22O2/c1-9-4-7-13(11(3)8-16)15(17)14-10(2)5-6-12(9)14/h12-17H,1-8H2/t12?,13-,14?,15-/m0/s1. The number of hydrogen-bond donors (Lipinski definition) is 2. The Balaban J connectivity index is 2.28. The zero-order valence-corrected chi connectivity index (χ0v) is 10.4. The molecule has 0 aromatic heterocycles. The van der Waals surface area contributed by atoms with Gasteiger partial charge in [0.05, 0.1) is 12.7 Å². The van der Waals surface area contributed by atoms with Gasteiger partial charge in [0.25, 0.3) is 0 Å². The Hall–Kier alpha value is -0.860. The van der Waals surface area contributed by atoms with Crippen LogP contribution in [0.15, 0.2) is 36.5 Å². The van der Waals surface area contributed by atoms with Crippen molar-refractivity contribution < 1.29 is 10.2 Å². The first-order valence-electron chi connectivity index (χ1n) is 6.38. The second-order valence-corrected chi connectivity index (χ2v) is 5.44. The highest BCUT2D eigenvalue weighted by atomic mass is 16.3. The van der Waals surface area contributed by atoms with E-state index >= 15 is 0 Å². The Labute approximate surface area is 103 Å². The van der Waals surface area contributed by atoms with Gasteiger partial charge < -0.3 is 10.2 Å². The quantitative estimate of drug-likeness (QED) is 0.720. The van der Waals surface area contributed by atoms with Gasteiger partial charge >= 0.3 is 0 Å². The molecule has 2 saturated carbocycles. The van der Waals surface area contributed by atoms with Crippen LogP contribution in [0, 0.1) is 17.8 Å². The smallest absolute Gasteiger partial charge is 0.0677 e. The minimum Gasteiger partial charge on any atom is -0.392 e. The monoisotopic (exact) mass is 234 g/mol. The minimum atomic E-state index is -0.450. The van der Waals surface area contributed by atoms with Crippen molar-refractivity contribution in [2.45, 2.75) is 31.8 Å². The molecule has 0 saturated heterocycles. The van der Waals surface area contributed by atoms with E-state index in [0.29, 0.717) is 5.92 Å². The largest absolute Gasteiger partial charge is 0.392 e. The van der Waals surface area contributed by atoms with Crippen LogP contribution in [-0.4, -0.2) is 22.9 Å². The zero-order chi connectivity index (χ0) is 12.6. The third kappa shape index (κ3) is 2.12. The summed E-state index contributed by atoms with van der Waals surface area (Å²) in [5.41, 5.74) is 3.12. The summed E-state index contributed by atoms with van der Waals surface area (Å²) < 4.78 is 0. The first-order valence-corrected chi connectivity index (χ1v) is 6.38. The molecule has 0 heterocycles. The Morgan fingerprint density at radius 3 is 2.47 bits per heavy atom. The first-order chi connectivity index (χ1) is 8.06. The summed E-state index contributed by atoms with van der Waals surface area (Å²) >= 11 is 0. The molecule has 0 aromatic rings. The van der Waals surface area contributed by atoms with Crippen LogP contribution in [0.3, 0.4) is 0 Å². The predicted molar refractivity (Wildman–Crippen MR) is 69.5 cm³/mol. The van der Waals surface area contributed by atoms with Crippen LogP contribution >= 0.6 is 0 Å². The van der Waals surface area contributed by atoms with Crippen LogP contribution in [0.1, 0.15) is 25.7 Å². The Morgan fingerprint density at radius 2 is 1.82 bits per heavy atom. The van der Waals surface area contributed by atoms with Crippen molar-refractivity contribution in [3.05, 3.63) is 36.5 Å². The van der Waals surface area contributed by atoms with Gasteiger partial charge in [-0.05, 0) is 37.2 Å². The molecule has 2 aliphatic carbocycles. The Bertz CT molecular complexity index is 356. The van der Waals surface area contributed by atoms with Crippen LogP contribution in [-0.2, 0) is 0 Å². The number of rotatable bonds is 2. The zero-order valence-electron chi connectivity index (χ0n) is 10.4. The number of fused-ring (bicyclic) bond motifs is 1. The molecule has 0 bridgehead atoms. The maximum absolute atomic E-state index is 10.5. The van der Waals surface area contributed by atoms with Gasteiger partial charge in [-0.15, -0.1) is 0 Å². The molecule has 0 aromatic carbocycles. The van der Waals surface area contributed by atoms with E-state index in [0.717, 1.165) is 36.8 Å². The summed E-state index contributed by atoms with van der Waals surface area (Å²) in [5, 5.41) is 19.7. The van der Waals surface area contributed by atoms with E-state index in [1.807, 2.05) is 0 Å². The van der Waals surface area contributed by atoms with Gasteiger partial charge in [0.15, 0.2) is 0 Å². The summed E-state index contributed by atoms with van der Waals surface area (Å²) in [6, 6.07) is 0. The van der Waals surface area contributed by atoms with Crippen molar-refractivity contribution >= 4 is 0 Å². The van der Waals surface area contributed by atoms with Crippen molar-refractivity contribution in [1.82, 2.24) is 0 Å². The van der Waals surface area contributed by atoms with Crippen molar-refractivity contribution in [3.63, 3.8) is 0 Å². The molecule has 0 spiro atoms. The van der Waals surface area contributed by atoms with Crippen molar-refractivity contribution in [2.24, 2.45) is 17.8 Å². The fourth-order valence-corrected chi connectivity index (χ4v) is 3.42. The highest BCUT2D eigenvalue weighted by Gasteiger charge is 2.42. The normalized spacial score (nSPS) is 37.8. The van der Waals surface area contributed by atoms with E-state index in [4.69, 9.17) is 0 Å². The lowest BCUT2D eigenvalue weighted by Gasteiger charge is -2.29. The van der Waals surface area contributed by atoms with Gasteiger partial charge in [0, 0.05) is 11.8 Å². The lowest BCUT2D eigenvalue weighted by atomic mass is 9.80. The highest BCUT2D eigenvalue weighted by molar-refractivity contribution is 5.24. The van der Waals surface area contributed by atoms with Crippen LogP contribution in [0.4, 0.5) is 0 Å². The average Bonchev–Trinajstić information content (AvgIpc) is 2.64. The first kappa shape index (κ1) is 12.6. The van der Waals surface area contributed by atoms with E-state index in [1.165, 1.54) is 5.57 Å². The summed E-state index contributed by atoms with van der Waals surface area (Å²) in [7, 11) is 0. The van der Waals surface area contributed by atoms with Crippen LogP contribution in [0.5, 0.6) is 0 Å². The molecule has 0 amide bonds. The molecule has 2 unspecified atom stereocenters. The SMILES string of the molecule is C=C1CC[C@@H](C(=C)CO)[C@H](O)C2C(=C)CCC12. The molecule has 17 heavy (non-hydrogen) atoms. The maximum Gasteiger partial charge on any atom is 0.0677 e. The van der Waals surface area contributed by atoms with E-state index < -0.39 is 6.10 Å². The second kappa shape index (κ2) is 4.79. The van der Waals surface area contributed by atoms with E-state index in [-0.39, 0.29) is 18.4 Å². The van der Waals surface area contributed by atoms with Gasteiger partial charge in [-0.2, -0.15) is 0 Å². The number of aliphatic hydroxyl groups excluding tert-OH is 2. The van der Waals surface area contributed by atoms with Gasteiger partial charge in [0.2, 0.25) is 0 Å². The molecule has 0 aliphatic heterocycles. The fourth-order valence-electron chi connectivity index (χ4n) is 3.42. The maximum atomic E-state index is 10.5. The minimum absolute atomic E-state index is 0.0124.